The first-order chi connectivity index (χ1) is 11.4. The van der Waals surface area contributed by atoms with E-state index in [2.05, 4.69) is 12.1 Å². The van der Waals surface area contributed by atoms with E-state index < -0.39 is 15.5 Å². The number of rotatable bonds is 2. The van der Waals surface area contributed by atoms with Gasteiger partial charge in [-0.15, -0.1) is 23.2 Å². The van der Waals surface area contributed by atoms with Gasteiger partial charge in [0.15, 0.2) is 0 Å². The molecule has 3 nitrogen and oxygen atoms in total. The molecule has 2 heterocycles. The summed E-state index contributed by atoms with van der Waals surface area (Å²) in [6.07, 6.45) is -0.421. The quantitative estimate of drug-likeness (QED) is 0.525. The van der Waals surface area contributed by atoms with Crippen molar-refractivity contribution in [2.45, 2.75) is 27.7 Å². The van der Waals surface area contributed by atoms with Crippen LogP contribution in [0.2, 0.25) is 0 Å². The SMILES string of the molecule is COC1(OC)[C@@]2(Cl)C(Cl)=C(Cl)[C@@]1(Cl)[C@H]1[C@H]2[C@H]2O[C@H]1c1ccccc12. The first kappa shape index (κ1) is 16.2. The van der Waals surface area contributed by atoms with Crippen LogP contribution in [0.1, 0.15) is 23.3 Å². The van der Waals surface area contributed by atoms with E-state index >= 15 is 0 Å². The highest BCUT2D eigenvalue weighted by Crippen LogP contribution is 2.81. The Balaban J connectivity index is 1.81. The zero-order valence-electron chi connectivity index (χ0n) is 12.9. The second-order valence-corrected chi connectivity index (χ2v) is 8.68. The summed E-state index contributed by atoms with van der Waals surface area (Å²) in [7, 11) is 3.04. The molecule has 4 bridgehead atoms. The van der Waals surface area contributed by atoms with Gasteiger partial charge in [0.2, 0.25) is 5.79 Å². The lowest BCUT2D eigenvalue weighted by Crippen LogP contribution is -2.58. The number of benzene rings is 1. The van der Waals surface area contributed by atoms with E-state index in [1.807, 2.05) is 12.1 Å². The molecule has 0 N–H and O–H groups in total. The molecule has 1 aromatic carbocycles. The van der Waals surface area contributed by atoms with Crippen molar-refractivity contribution in [3.05, 3.63) is 45.5 Å². The minimum Gasteiger partial charge on any atom is -0.365 e. The second-order valence-electron chi connectivity index (χ2n) is 6.73. The van der Waals surface area contributed by atoms with Crippen LogP contribution in [-0.4, -0.2) is 29.8 Å². The monoisotopic (exact) mass is 406 g/mol. The molecule has 0 aromatic heterocycles. The molecule has 1 saturated carbocycles. The van der Waals surface area contributed by atoms with Crippen LogP contribution in [0.3, 0.4) is 0 Å². The summed E-state index contributed by atoms with van der Waals surface area (Å²) in [4.78, 5) is -2.40. The Morgan fingerprint density at radius 1 is 0.875 bits per heavy atom. The molecule has 2 fully saturated rings. The van der Waals surface area contributed by atoms with Gasteiger partial charge in [0.1, 0.15) is 9.75 Å². The summed E-state index contributed by atoms with van der Waals surface area (Å²) in [5.74, 6) is -1.73. The van der Waals surface area contributed by atoms with Crippen LogP contribution >= 0.6 is 46.4 Å². The third kappa shape index (κ3) is 1.28. The van der Waals surface area contributed by atoms with E-state index in [9.17, 15) is 0 Å². The molecule has 128 valence electrons. The van der Waals surface area contributed by atoms with Crippen LogP contribution in [0.4, 0.5) is 0 Å². The lowest BCUT2D eigenvalue weighted by Gasteiger charge is -2.42. The molecule has 24 heavy (non-hydrogen) atoms. The fourth-order valence-corrected chi connectivity index (χ4v) is 7.70. The highest BCUT2D eigenvalue weighted by atomic mass is 35.5. The van der Waals surface area contributed by atoms with E-state index in [0.717, 1.165) is 11.1 Å². The molecule has 0 spiro atoms. The Morgan fingerprint density at radius 3 is 1.67 bits per heavy atom. The maximum Gasteiger partial charge on any atom is 0.217 e. The van der Waals surface area contributed by atoms with Crippen molar-refractivity contribution in [2.24, 2.45) is 11.8 Å². The van der Waals surface area contributed by atoms with E-state index in [1.165, 1.54) is 14.2 Å². The highest BCUT2D eigenvalue weighted by molar-refractivity contribution is 6.52. The minimum atomic E-state index is -1.35. The number of hydrogen-bond acceptors (Lipinski definition) is 3. The molecule has 0 amide bonds. The first-order valence-electron chi connectivity index (χ1n) is 7.68. The van der Waals surface area contributed by atoms with Crippen molar-refractivity contribution in [3.63, 3.8) is 0 Å². The van der Waals surface area contributed by atoms with Crippen LogP contribution in [0.15, 0.2) is 34.3 Å². The van der Waals surface area contributed by atoms with Gasteiger partial charge < -0.3 is 14.2 Å². The van der Waals surface area contributed by atoms with Crippen molar-refractivity contribution < 1.29 is 14.2 Å². The maximum absolute atomic E-state index is 7.13. The van der Waals surface area contributed by atoms with Gasteiger partial charge in [0.25, 0.3) is 0 Å². The fourth-order valence-electron chi connectivity index (χ4n) is 5.46. The molecule has 6 atom stereocenters. The predicted molar refractivity (Wildman–Crippen MR) is 92.6 cm³/mol. The summed E-state index contributed by atoms with van der Waals surface area (Å²) in [6, 6.07) is 8.10. The Bertz CT molecular complexity index is 733. The van der Waals surface area contributed by atoms with Crippen LogP contribution in [0.5, 0.6) is 0 Å². The normalized spacial score (nSPS) is 46.6. The van der Waals surface area contributed by atoms with Crippen molar-refractivity contribution in [3.8, 4) is 0 Å². The number of ether oxygens (including phenoxy) is 3. The number of alkyl halides is 2. The molecular weight excluding hydrogens is 394 g/mol. The fraction of sp³-hybridized carbons (Fsp3) is 0.529. The minimum absolute atomic E-state index is 0.188. The molecule has 0 unspecified atom stereocenters. The third-order valence-corrected chi connectivity index (χ3v) is 8.87. The Kier molecular flexibility index (Phi) is 3.13. The third-order valence-electron chi connectivity index (χ3n) is 6.22. The first-order valence-corrected chi connectivity index (χ1v) is 9.20. The van der Waals surface area contributed by atoms with Gasteiger partial charge in [-0.2, -0.15) is 0 Å². The number of methoxy groups -OCH3 is 2. The summed E-state index contributed by atoms with van der Waals surface area (Å²) in [6.45, 7) is 0. The lowest BCUT2D eigenvalue weighted by molar-refractivity contribution is -0.227. The van der Waals surface area contributed by atoms with Crippen LogP contribution in [-0.2, 0) is 14.2 Å². The molecule has 2 aliphatic carbocycles. The van der Waals surface area contributed by atoms with Crippen molar-refractivity contribution in [1.29, 1.82) is 0 Å². The Labute approximate surface area is 159 Å². The largest absolute Gasteiger partial charge is 0.365 e. The van der Waals surface area contributed by atoms with Gasteiger partial charge in [0, 0.05) is 26.1 Å². The highest BCUT2D eigenvalue weighted by Gasteiger charge is 2.89. The predicted octanol–water partition coefficient (Wildman–Crippen LogP) is 4.71. The molecular formula is C17H14Cl4O3. The van der Waals surface area contributed by atoms with Gasteiger partial charge in [-0.05, 0) is 11.1 Å². The van der Waals surface area contributed by atoms with Crippen molar-refractivity contribution >= 4 is 46.4 Å². The number of fused-ring (bicyclic) bond motifs is 12. The maximum atomic E-state index is 7.13. The van der Waals surface area contributed by atoms with E-state index in [4.69, 9.17) is 60.6 Å². The summed E-state index contributed by atoms with van der Waals surface area (Å²) < 4.78 is 17.9. The van der Waals surface area contributed by atoms with Crippen LogP contribution in [0, 0.1) is 11.8 Å². The molecule has 4 aliphatic rings. The zero-order chi connectivity index (χ0) is 17.1. The van der Waals surface area contributed by atoms with E-state index in [1.54, 1.807) is 0 Å². The second kappa shape index (κ2) is 4.64. The average Bonchev–Trinajstić information content (AvgIpc) is 3.24. The Hall–Kier alpha value is -0.000000000000000222. The standard InChI is InChI=1S/C17H14Cl4O3/c1-22-17(23-2)15(20)9-10(16(17,21)14(19)13(15)18)12-8-6-4-3-5-7(8)11(9)24-12/h3-6,9-12H,1-2H3/t9-,10-,11-,12-,15-,16-/m0/s1. The molecule has 2 aliphatic heterocycles. The summed E-state index contributed by atoms with van der Waals surface area (Å²) in [5.41, 5.74) is 2.25. The number of hydrogen-bond donors (Lipinski definition) is 0. The Morgan fingerprint density at radius 2 is 1.29 bits per heavy atom. The molecule has 1 aromatic rings. The molecule has 7 heteroatoms. The smallest absolute Gasteiger partial charge is 0.217 e. The van der Waals surface area contributed by atoms with Gasteiger partial charge >= 0.3 is 0 Å². The van der Waals surface area contributed by atoms with E-state index in [-0.39, 0.29) is 24.0 Å². The average molecular weight is 408 g/mol. The molecule has 5 rings (SSSR count). The summed E-state index contributed by atoms with van der Waals surface area (Å²) >= 11 is 27.4. The van der Waals surface area contributed by atoms with Crippen LogP contribution < -0.4 is 0 Å². The molecule has 0 radical (unpaired) electrons. The lowest BCUT2D eigenvalue weighted by atomic mass is 9.70. The van der Waals surface area contributed by atoms with Crippen LogP contribution in [0.25, 0.3) is 0 Å². The topological polar surface area (TPSA) is 27.7 Å². The van der Waals surface area contributed by atoms with Gasteiger partial charge in [0.05, 0.1) is 22.3 Å². The van der Waals surface area contributed by atoms with Crippen molar-refractivity contribution in [1.82, 2.24) is 0 Å². The summed E-state index contributed by atoms with van der Waals surface area (Å²) in [5, 5.41) is 0.582. The van der Waals surface area contributed by atoms with Gasteiger partial charge in [-0.25, -0.2) is 0 Å². The van der Waals surface area contributed by atoms with E-state index in [0.29, 0.717) is 10.1 Å². The van der Waals surface area contributed by atoms with Gasteiger partial charge in [-0.1, -0.05) is 47.5 Å². The number of halogens is 4. The van der Waals surface area contributed by atoms with Gasteiger partial charge in [-0.3, -0.25) is 0 Å². The zero-order valence-corrected chi connectivity index (χ0v) is 15.9. The molecule has 1 saturated heterocycles. The van der Waals surface area contributed by atoms with Crippen molar-refractivity contribution in [2.75, 3.05) is 14.2 Å².